The van der Waals surface area contributed by atoms with Crippen LogP contribution in [0.4, 0.5) is 0 Å². The smallest absolute Gasteiger partial charge is 0.248 e. The number of primary amides is 1. The summed E-state index contributed by atoms with van der Waals surface area (Å²) in [6, 6.07) is 10.6. The van der Waals surface area contributed by atoms with E-state index < -0.39 is 5.91 Å². The number of nitrogens with zero attached hydrogens (tertiary/aromatic N) is 3. The Morgan fingerprint density at radius 1 is 1.15 bits per heavy atom. The second-order valence-electron chi connectivity index (χ2n) is 6.35. The quantitative estimate of drug-likeness (QED) is 0.546. The van der Waals surface area contributed by atoms with Crippen LogP contribution in [-0.4, -0.2) is 31.4 Å². The molecule has 27 heavy (non-hydrogen) atoms. The summed E-state index contributed by atoms with van der Waals surface area (Å²) < 4.78 is 1.58. The zero-order chi connectivity index (χ0) is 19.1. The van der Waals surface area contributed by atoms with Crippen molar-refractivity contribution in [3.8, 4) is 11.1 Å². The van der Waals surface area contributed by atoms with E-state index in [1.165, 1.54) is 0 Å². The molecule has 3 aromatic heterocycles. The van der Waals surface area contributed by atoms with E-state index in [2.05, 4.69) is 15.1 Å². The fourth-order valence-electron chi connectivity index (χ4n) is 3.25. The van der Waals surface area contributed by atoms with E-state index in [0.29, 0.717) is 22.5 Å². The predicted octanol–water partition coefficient (Wildman–Crippen LogP) is 2.60. The van der Waals surface area contributed by atoms with E-state index >= 15 is 0 Å². The maximum Gasteiger partial charge on any atom is 0.248 e. The van der Waals surface area contributed by atoms with E-state index in [4.69, 9.17) is 5.73 Å². The van der Waals surface area contributed by atoms with Gasteiger partial charge in [-0.25, -0.2) is 4.98 Å². The molecule has 1 amide bonds. The van der Waals surface area contributed by atoms with Gasteiger partial charge in [-0.05, 0) is 42.3 Å². The van der Waals surface area contributed by atoms with E-state index in [1.54, 1.807) is 42.3 Å². The lowest BCUT2D eigenvalue weighted by Crippen LogP contribution is -2.10. The summed E-state index contributed by atoms with van der Waals surface area (Å²) >= 11 is 0. The molecule has 0 saturated heterocycles. The first-order valence-electron chi connectivity index (χ1n) is 8.37. The lowest BCUT2D eigenvalue weighted by molar-refractivity contribution is 0.0998. The zero-order valence-corrected chi connectivity index (χ0v) is 14.9. The van der Waals surface area contributed by atoms with Gasteiger partial charge < -0.3 is 10.7 Å². The van der Waals surface area contributed by atoms with E-state index in [1.807, 2.05) is 25.1 Å². The maximum atomic E-state index is 13.1. The van der Waals surface area contributed by atoms with Crippen LogP contribution < -0.4 is 5.73 Å². The summed E-state index contributed by atoms with van der Waals surface area (Å²) in [4.78, 5) is 31.8. The van der Waals surface area contributed by atoms with Gasteiger partial charge in [0.05, 0.1) is 11.3 Å². The van der Waals surface area contributed by atoms with Gasteiger partial charge in [0, 0.05) is 30.4 Å². The minimum Gasteiger partial charge on any atom is -0.366 e. The van der Waals surface area contributed by atoms with Crippen LogP contribution in [0.3, 0.4) is 0 Å². The fraction of sp³-hybridized carbons (Fsp3) is 0.100. The van der Waals surface area contributed by atoms with Crippen LogP contribution in [0.1, 0.15) is 32.1 Å². The fourth-order valence-corrected chi connectivity index (χ4v) is 3.25. The number of aryl methyl sites for hydroxylation is 2. The van der Waals surface area contributed by atoms with Crippen molar-refractivity contribution in [1.29, 1.82) is 0 Å². The Morgan fingerprint density at radius 2 is 1.89 bits per heavy atom. The molecule has 0 spiro atoms. The first-order valence-corrected chi connectivity index (χ1v) is 8.37. The Hall–Kier alpha value is -3.74. The third-order valence-electron chi connectivity index (χ3n) is 4.53. The summed E-state index contributed by atoms with van der Waals surface area (Å²) in [5, 5.41) is 4.98. The van der Waals surface area contributed by atoms with Crippen LogP contribution in [0, 0.1) is 6.92 Å². The van der Waals surface area contributed by atoms with Crippen LogP contribution >= 0.6 is 0 Å². The number of amides is 1. The number of carbonyl (C=O) groups is 2. The number of pyridine rings is 1. The summed E-state index contributed by atoms with van der Waals surface area (Å²) in [6.45, 7) is 1.85. The number of rotatable bonds is 4. The van der Waals surface area contributed by atoms with Crippen molar-refractivity contribution in [2.75, 3.05) is 0 Å². The number of ketones is 1. The highest BCUT2D eigenvalue weighted by molar-refractivity contribution is 6.18. The van der Waals surface area contributed by atoms with Crippen molar-refractivity contribution in [2.24, 2.45) is 12.8 Å². The molecular formula is C20H17N5O2. The molecule has 3 N–H and O–H groups in total. The number of hydrogen-bond acceptors (Lipinski definition) is 4. The second-order valence-corrected chi connectivity index (χ2v) is 6.35. The van der Waals surface area contributed by atoms with Crippen molar-refractivity contribution < 1.29 is 9.59 Å². The summed E-state index contributed by atoms with van der Waals surface area (Å²) in [7, 11) is 1.75. The first kappa shape index (κ1) is 16.7. The molecule has 0 aliphatic carbocycles. The van der Waals surface area contributed by atoms with Crippen LogP contribution in [0.15, 0.2) is 48.8 Å². The first-order chi connectivity index (χ1) is 13.0. The largest absolute Gasteiger partial charge is 0.366 e. The second kappa shape index (κ2) is 6.21. The lowest BCUT2D eigenvalue weighted by Gasteiger charge is -2.07. The van der Waals surface area contributed by atoms with Crippen LogP contribution in [0.2, 0.25) is 0 Å². The Labute approximate surface area is 154 Å². The summed E-state index contributed by atoms with van der Waals surface area (Å²) in [5.41, 5.74) is 9.88. The number of aromatic nitrogens is 4. The Morgan fingerprint density at radius 3 is 2.52 bits per heavy atom. The van der Waals surface area contributed by atoms with Gasteiger partial charge >= 0.3 is 0 Å². The predicted molar refractivity (Wildman–Crippen MR) is 101 cm³/mol. The van der Waals surface area contributed by atoms with Gasteiger partial charge in [0.15, 0.2) is 0 Å². The molecule has 0 fully saturated rings. The van der Waals surface area contributed by atoms with Gasteiger partial charge in [0.1, 0.15) is 11.3 Å². The average Bonchev–Trinajstić information content (AvgIpc) is 3.24. The third kappa shape index (κ3) is 2.79. The van der Waals surface area contributed by atoms with Gasteiger partial charge in [-0.3, -0.25) is 14.3 Å². The Balaban J connectivity index is 1.88. The molecule has 7 heteroatoms. The van der Waals surface area contributed by atoms with Crippen LogP contribution in [0.5, 0.6) is 0 Å². The molecule has 0 aliphatic rings. The highest BCUT2D eigenvalue weighted by Crippen LogP contribution is 2.31. The van der Waals surface area contributed by atoms with Gasteiger partial charge in [0.25, 0.3) is 0 Å². The maximum absolute atomic E-state index is 13.1. The average molecular weight is 359 g/mol. The third-order valence-corrected chi connectivity index (χ3v) is 4.53. The number of aromatic amines is 1. The van der Waals surface area contributed by atoms with E-state index in [0.717, 1.165) is 22.2 Å². The number of benzene rings is 1. The van der Waals surface area contributed by atoms with E-state index in [9.17, 15) is 9.59 Å². The van der Waals surface area contributed by atoms with Crippen molar-refractivity contribution in [3.05, 3.63) is 71.3 Å². The van der Waals surface area contributed by atoms with Gasteiger partial charge in [-0.15, -0.1) is 0 Å². The van der Waals surface area contributed by atoms with Gasteiger partial charge in [0.2, 0.25) is 11.7 Å². The molecule has 0 aliphatic heterocycles. The molecule has 0 unspecified atom stereocenters. The number of carbonyl (C=O) groups excluding carboxylic acids is 2. The monoisotopic (exact) mass is 359 g/mol. The number of hydrogen-bond donors (Lipinski definition) is 2. The SMILES string of the molecule is Cc1cc(C(=O)c2c[nH]c3nccc(-c4ccc(C(N)=O)cc4)c23)n(C)n1. The molecule has 0 saturated carbocycles. The van der Waals surface area contributed by atoms with Crippen LogP contribution in [-0.2, 0) is 7.05 Å². The van der Waals surface area contributed by atoms with E-state index in [-0.39, 0.29) is 5.78 Å². The molecular weight excluding hydrogens is 342 g/mol. The molecule has 3 heterocycles. The summed E-state index contributed by atoms with van der Waals surface area (Å²) in [5.74, 6) is -0.613. The number of H-pyrrole nitrogens is 1. The minimum absolute atomic E-state index is 0.132. The van der Waals surface area contributed by atoms with Crippen LogP contribution in [0.25, 0.3) is 22.2 Å². The topological polar surface area (TPSA) is 107 Å². The van der Waals surface area contributed by atoms with Crippen molar-refractivity contribution in [3.63, 3.8) is 0 Å². The molecule has 0 bridgehead atoms. The highest BCUT2D eigenvalue weighted by atomic mass is 16.1. The summed E-state index contributed by atoms with van der Waals surface area (Å²) in [6.07, 6.45) is 3.35. The van der Waals surface area contributed by atoms with Crippen molar-refractivity contribution >= 4 is 22.7 Å². The zero-order valence-electron chi connectivity index (χ0n) is 14.9. The molecule has 0 radical (unpaired) electrons. The van der Waals surface area contributed by atoms with Crippen molar-refractivity contribution in [1.82, 2.24) is 19.7 Å². The molecule has 4 rings (SSSR count). The standard InChI is InChI=1S/C20H17N5O2/c1-11-9-16(25(2)24-11)18(26)15-10-23-20-17(15)14(7-8-22-20)12-3-5-13(6-4-12)19(21)27/h3-10H,1-2H3,(H2,21,27)(H,22,23). The lowest BCUT2D eigenvalue weighted by atomic mass is 9.98. The normalized spacial score (nSPS) is 11.0. The molecule has 7 nitrogen and oxygen atoms in total. The van der Waals surface area contributed by atoms with Gasteiger partial charge in [-0.1, -0.05) is 12.1 Å². The molecule has 134 valence electrons. The molecule has 1 aromatic carbocycles. The highest BCUT2D eigenvalue weighted by Gasteiger charge is 2.21. The molecule has 0 atom stereocenters. The Kier molecular flexibility index (Phi) is 3.84. The van der Waals surface area contributed by atoms with Gasteiger partial charge in [-0.2, -0.15) is 5.10 Å². The minimum atomic E-state index is -0.481. The Bertz CT molecular complexity index is 1190. The number of fused-ring (bicyclic) bond motifs is 1. The molecule has 4 aromatic rings. The number of nitrogens with two attached hydrogens (primary N) is 1. The van der Waals surface area contributed by atoms with Crippen molar-refractivity contribution in [2.45, 2.75) is 6.92 Å². The number of nitrogens with one attached hydrogen (secondary N) is 1.